The fourth-order valence-corrected chi connectivity index (χ4v) is 2.22. The average molecular weight is 318 g/mol. The van der Waals surface area contributed by atoms with Crippen LogP contribution in [0, 0.1) is 12.8 Å². The highest BCUT2D eigenvalue weighted by Crippen LogP contribution is 2.21. The highest BCUT2D eigenvalue weighted by molar-refractivity contribution is 9.10. The number of carbonyl (C=O) groups is 1. The van der Waals surface area contributed by atoms with E-state index in [9.17, 15) is 4.79 Å². The largest absolute Gasteiger partial charge is 0.444 e. The van der Waals surface area contributed by atoms with E-state index in [4.69, 9.17) is 9.15 Å². The molecule has 0 atom stereocenters. The molecule has 1 rings (SSSR count). The predicted octanol–water partition coefficient (Wildman–Crippen LogP) is 3.10. The Bertz CT molecular complexity index is 401. The van der Waals surface area contributed by atoms with E-state index in [1.807, 2.05) is 6.92 Å². The lowest BCUT2D eigenvalue weighted by Crippen LogP contribution is -2.36. The quantitative estimate of drug-likeness (QED) is 0.809. The molecule has 0 saturated heterocycles. The Kier molecular flexibility index (Phi) is 5.88. The van der Waals surface area contributed by atoms with Gasteiger partial charge in [-0.2, -0.15) is 0 Å². The molecule has 1 heterocycles. The molecule has 0 N–H and O–H groups in total. The van der Waals surface area contributed by atoms with Crippen molar-refractivity contribution >= 4 is 21.8 Å². The molecule has 1 aromatic heterocycles. The van der Waals surface area contributed by atoms with Gasteiger partial charge in [0.1, 0.15) is 0 Å². The maximum atomic E-state index is 12.4. The van der Waals surface area contributed by atoms with Crippen molar-refractivity contribution in [1.29, 1.82) is 0 Å². The second-order valence-corrected chi connectivity index (χ2v) is 5.48. The number of carbonyl (C=O) groups excluding carboxylic acids is 1. The topological polar surface area (TPSA) is 42.7 Å². The van der Waals surface area contributed by atoms with E-state index in [-0.39, 0.29) is 5.91 Å². The van der Waals surface area contributed by atoms with E-state index < -0.39 is 0 Å². The molecular formula is C13H20BrNO3. The van der Waals surface area contributed by atoms with Crippen molar-refractivity contribution in [3.8, 4) is 0 Å². The van der Waals surface area contributed by atoms with Gasteiger partial charge in [0.2, 0.25) is 0 Å². The molecule has 1 amide bonds. The first-order valence-electron chi connectivity index (χ1n) is 5.99. The van der Waals surface area contributed by atoms with Crippen LogP contribution in [0.15, 0.2) is 15.2 Å². The van der Waals surface area contributed by atoms with E-state index in [1.54, 1.807) is 18.1 Å². The van der Waals surface area contributed by atoms with Crippen molar-refractivity contribution in [2.45, 2.75) is 20.8 Å². The van der Waals surface area contributed by atoms with E-state index in [0.29, 0.717) is 36.0 Å². The first-order chi connectivity index (χ1) is 8.45. The molecule has 1 aromatic rings. The lowest BCUT2D eigenvalue weighted by atomic mass is 10.2. The van der Waals surface area contributed by atoms with E-state index in [2.05, 4.69) is 29.8 Å². The minimum absolute atomic E-state index is 0.0797. The first-order valence-corrected chi connectivity index (χ1v) is 6.79. The molecule has 0 aromatic carbocycles. The van der Waals surface area contributed by atoms with Crippen LogP contribution < -0.4 is 0 Å². The monoisotopic (exact) mass is 317 g/mol. The Labute approximate surface area is 116 Å². The third-order valence-electron chi connectivity index (χ3n) is 2.52. The number of halogens is 1. The SMILES string of the molecule is COCCN(CC(C)C)C(=O)c1oc(Br)cc1C. The van der Waals surface area contributed by atoms with Gasteiger partial charge in [0.05, 0.1) is 6.61 Å². The Hall–Kier alpha value is -0.810. The van der Waals surface area contributed by atoms with Gasteiger partial charge >= 0.3 is 0 Å². The zero-order valence-electron chi connectivity index (χ0n) is 11.3. The van der Waals surface area contributed by atoms with Crippen LogP contribution in [0.5, 0.6) is 0 Å². The molecular weight excluding hydrogens is 298 g/mol. The molecule has 0 aliphatic carbocycles. The normalized spacial score (nSPS) is 11.0. The smallest absolute Gasteiger partial charge is 0.289 e. The van der Waals surface area contributed by atoms with Crippen LogP contribution in [0.25, 0.3) is 0 Å². The lowest BCUT2D eigenvalue weighted by molar-refractivity contribution is 0.0639. The summed E-state index contributed by atoms with van der Waals surface area (Å²) in [4.78, 5) is 14.1. The van der Waals surface area contributed by atoms with Crippen LogP contribution in [0.4, 0.5) is 0 Å². The van der Waals surface area contributed by atoms with Crippen molar-refractivity contribution in [2.75, 3.05) is 26.8 Å². The highest BCUT2D eigenvalue weighted by Gasteiger charge is 2.22. The van der Waals surface area contributed by atoms with Gasteiger partial charge < -0.3 is 14.1 Å². The minimum Gasteiger partial charge on any atom is -0.444 e. The lowest BCUT2D eigenvalue weighted by Gasteiger charge is -2.23. The Balaban J connectivity index is 2.83. The van der Waals surface area contributed by atoms with Crippen LogP contribution >= 0.6 is 15.9 Å². The Morgan fingerprint density at radius 3 is 2.67 bits per heavy atom. The molecule has 0 fully saturated rings. The standard InChI is InChI=1S/C13H20BrNO3/c1-9(2)8-15(5-6-17-4)13(16)12-10(3)7-11(14)18-12/h7,9H,5-6,8H2,1-4H3. The van der Waals surface area contributed by atoms with Crippen molar-refractivity contribution in [1.82, 2.24) is 4.90 Å². The second-order valence-electron chi connectivity index (χ2n) is 4.70. The molecule has 0 unspecified atom stereocenters. The molecule has 0 radical (unpaired) electrons. The van der Waals surface area contributed by atoms with E-state index in [1.165, 1.54) is 0 Å². The van der Waals surface area contributed by atoms with Gasteiger partial charge in [-0.3, -0.25) is 4.79 Å². The fourth-order valence-electron chi connectivity index (χ4n) is 1.72. The molecule has 4 nitrogen and oxygen atoms in total. The molecule has 0 bridgehead atoms. The summed E-state index contributed by atoms with van der Waals surface area (Å²) in [6.45, 7) is 7.83. The zero-order valence-corrected chi connectivity index (χ0v) is 12.9. The van der Waals surface area contributed by atoms with Crippen molar-refractivity contribution in [2.24, 2.45) is 5.92 Å². The number of aryl methyl sites for hydroxylation is 1. The van der Waals surface area contributed by atoms with Gasteiger partial charge in [0.25, 0.3) is 5.91 Å². The van der Waals surface area contributed by atoms with Gasteiger partial charge in [-0.25, -0.2) is 0 Å². The number of hydrogen-bond donors (Lipinski definition) is 0. The summed E-state index contributed by atoms with van der Waals surface area (Å²) in [5, 5.41) is 0. The van der Waals surface area contributed by atoms with Gasteiger partial charge in [-0.1, -0.05) is 13.8 Å². The molecule has 0 saturated carbocycles. The predicted molar refractivity (Wildman–Crippen MR) is 73.8 cm³/mol. The maximum absolute atomic E-state index is 12.4. The van der Waals surface area contributed by atoms with Gasteiger partial charge in [0, 0.05) is 25.8 Å². The molecule has 5 heteroatoms. The number of hydrogen-bond acceptors (Lipinski definition) is 3. The van der Waals surface area contributed by atoms with Crippen molar-refractivity contribution in [3.63, 3.8) is 0 Å². The summed E-state index contributed by atoms with van der Waals surface area (Å²) >= 11 is 3.24. The first kappa shape index (κ1) is 15.2. The van der Waals surface area contributed by atoms with Gasteiger partial charge in [0.15, 0.2) is 10.4 Å². The summed E-state index contributed by atoms with van der Waals surface area (Å²) in [6, 6.07) is 1.80. The summed E-state index contributed by atoms with van der Waals surface area (Å²) in [7, 11) is 1.63. The average Bonchev–Trinajstić information content (AvgIpc) is 2.62. The van der Waals surface area contributed by atoms with E-state index >= 15 is 0 Å². The van der Waals surface area contributed by atoms with Crippen LogP contribution in [-0.2, 0) is 4.74 Å². The van der Waals surface area contributed by atoms with Crippen molar-refractivity contribution in [3.05, 3.63) is 22.1 Å². The number of amides is 1. The van der Waals surface area contributed by atoms with Crippen LogP contribution in [0.2, 0.25) is 0 Å². The Morgan fingerprint density at radius 1 is 1.56 bits per heavy atom. The maximum Gasteiger partial charge on any atom is 0.289 e. The summed E-state index contributed by atoms with van der Waals surface area (Å²) in [6.07, 6.45) is 0. The zero-order chi connectivity index (χ0) is 13.7. The number of furan rings is 1. The van der Waals surface area contributed by atoms with Crippen LogP contribution in [0.3, 0.4) is 0 Å². The summed E-state index contributed by atoms with van der Waals surface area (Å²) in [5.41, 5.74) is 0.845. The van der Waals surface area contributed by atoms with Gasteiger partial charge in [-0.15, -0.1) is 0 Å². The summed E-state index contributed by atoms with van der Waals surface area (Å²) in [5.74, 6) is 0.729. The number of methoxy groups -OCH3 is 1. The van der Waals surface area contributed by atoms with Crippen LogP contribution in [0.1, 0.15) is 30.0 Å². The highest BCUT2D eigenvalue weighted by atomic mass is 79.9. The fraction of sp³-hybridized carbons (Fsp3) is 0.615. The second kappa shape index (κ2) is 6.95. The third-order valence-corrected chi connectivity index (χ3v) is 2.91. The molecule has 18 heavy (non-hydrogen) atoms. The molecule has 0 spiro atoms. The summed E-state index contributed by atoms with van der Waals surface area (Å²) < 4.78 is 11.0. The Morgan fingerprint density at radius 2 is 2.22 bits per heavy atom. The number of rotatable bonds is 6. The molecule has 0 aliphatic heterocycles. The third kappa shape index (κ3) is 4.14. The van der Waals surface area contributed by atoms with Crippen molar-refractivity contribution < 1.29 is 13.9 Å². The van der Waals surface area contributed by atoms with Gasteiger partial charge in [-0.05, 0) is 34.8 Å². The number of ether oxygens (including phenoxy) is 1. The molecule has 102 valence electrons. The molecule has 0 aliphatic rings. The number of nitrogens with zero attached hydrogens (tertiary/aromatic N) is 1. The van der Waals surface area contributed by atoms with Crippen LogP contribution in [-0.4, -0.2) is 37.6 Å². The van der Waals surface area contributed by atoms with E-state index in [0.717, 1.165) is 5.56 Å². The minimum atomic E-state index is -0.0797.